The van der Waals surface area contributed by atoms with Crippen LogP contribution in [0, 0.1) is 17.0 Å². The highest BCUT2D eigenvalue weighted by Crippen LogP contribution is 2.56. The third-order valence-electron chi connectivity index (χ3n) is 12.0. The van der Waals surface area contributed by atoms with Crippen LogP contribution < -0.4 is 15.5 Å². The van der Waals surface area contributed by atoms with Crippen LogP contribution in [0.15, 0.2) is 30.7 Å². The Morgan fingerprint density at radius 3 is 2.52 bits per heavy atom. The maximum atomic E-state index is 15.5. The number of piperidine rings is 1. The Morgan fingerprint density at radius 1 is 1.08 bits per heavy atom. The maximum absolute atomic E-state index is 15.5. The Hall–Kier alpha value is -4.16. The normalized spacial score (nSPS) is 23.3. The number of pyridine rings is 2. The first-order valence-electron chi connectivity index (χ1n) is 18.4. The lowest BCUT2D eigenvalue weighted by molar-refractivity contribution is -0.124. The quantitative estimate of drug-likeness (QED) is 0.177. The number of carbonyl (C=O) groups is 2. The van der Waals surface area contributed by atoms with E-state index in [1.807, 2.05) is 49.3 Å². The minimum absolute atomic E-state index is 0.0349. The van der Waals surface area contributed by atoms with Crippen molar-refractivity contribution in [1.29, 1.82) is 0 Å². The predicted molar refractivity (Wildman–Crippen MR) is 198 cm³/mol. The molecule has 1 spiro atoms. The van der Waals surface area contributed by atoms with Crippen LogP contribution in [0.25, 0.3) is 22.3 Å². The summed E-state index contributed by atoms with van der Waals surface area (Å²) >= 11 is 6.08. The first-order valence-corrected chi connectivity index (χ1v) is 18.7. The Bertz CT molecular complexity index is 2140. The van der Waals surface area contributed by atoms with Crippen molar-refractivity contribution >= 4 is 51.6 Å². The molecule has 13 heteroatoms. The number of carbonyl (C=O) groups excluding carboxylic acids is 2. The second-order valence-electron chi connectivity index (χ2n) is 16.3. The molecule has 1 aromatic carbocycles. The second-order valence-corrected chi connectivity index (χ2v) is 16.7. The third-order valence-corrected chi connectivity index (χ3v) is 12.3. The molecule has 274 valence electrons. The molecule has 5 heterocycles. The fourth-order valence-corrected chi connectivity index (χ4v) is 8.94. The summed E-state index contributed by atoms with van der Waals surface area (Å²) in [5.41, 5.74) is 3.07. The topological polar surface area (TPSA) is 108 Å². The monoisotopic (exact) mass is 730 g/mol. The molecular formula is C39H45ClF2N8O2. The van der Waals surface area contributed by atoms with Crippen molar-refractivity contribution in [2.75, 3.05) is 29.9 Å². The summed E-state index contributed by atoms with van der Waals surface area (Å²) in [6, 6.07) is 5.01. The van der Waals surface area contributed by atoms with E-state index in [4.69, 9.17) is 21.6 Å². The molecule has 0 bridgehead atoms. The van der Waals surface area contributed by atoms with E-state index in [0.29, 0.717) is 27.7 Å². The Labute approximate surface area is 307 Å². The summed E-state index contributed by atoms with van der Waals surface area (Å²) in [5, 5.41) is 4.95. The molecule has 1 saturated heterocycles. The molecule has 10 nitrogen and oxygen atoms in total. The molecule has 3 fully saturated rings. The van der Waals surface area contributed by atoms with E-state index in [-0.39, 0.29) is 47.1 Å². The summed E-state index contributed by atoms with van der Waals surface area (Å²) in [4.78, 5) is 45.9. The molecule has 0 unspecified atom stereocenters. The van der Waals surface area contributed by atoms with Crippen LogP contribution in [0.1, 0.15) is 102 Å². The molecule has 2 aliphatic carbocycles. The van der Waals surface area contributed by atoms with Gasteiger partial charge in [0.05, 0.1) is 50.6 Å². The molecule has 4 aliphatic rings. The summed E-state index contributed by atoms with van der Waals surface area (Å²) in [5.74, 6) is -2.96. The molecule has 2 N–H and O–H groups in total. The number of nitrogens with one attached hydrogen (secondary N) is 2. The van der Waals surface area contributed by atoms with Gasteiger partial charge in [-0.25, -0.2) is 18.7 Å². The molecule has 2 amide bonds. The number of likely N-dealkylation sites (tertiary alicyclic amines) is 1. The van der Waals surface area contributed by atoms with Gasteiger partial charge < -0.3 is 20.1 Å². The molecule has 4 aromatic rings. The molecule has 3 aromatic heterocycles. The molecule has 0 radical (unpaired) electrons. The number of fused-ring (bicyclic) bond motifs is 2. The zero-order chi connectivity index (χ0) is 36.9. The molecule has 52 heavy (non-hydrogen) atoms. The van der Waals surface area contributed by atoms with Crippen LogP contribution in [-0.2, 0) is 10.2 Å². The van der Waals surface area contributed by atoms with E-state index >= 15 is 8.78 Å². The van der Waals surface area contributed by atoms with Crippen LogP contribution in [0.4, 0.5) is 26.0 Å². The van der Waals surface area contributed by atoms with Gasteiger partial charge >= 0.3 is 0 Å². The van der Waals surface area contributed by atoms with Crippen LogP contribution in [0.2, 0.25) is 5.02 Å². The van der Waals surface area contributed by atoms with Gasteiger partial charge in [0.15, 0.2) is 17.5 Å². The van der Waals surface area contributed by atoms with Gasteiger partial charge in [-0.05, 0) is 110 Å². The van der Waals surface area contributed by atoms with Crippen molar-refractivity contribution < 1.29 is 18.4 Å². The van der Waals surface area contributed by atoms with Crippen LogP contribution in [0.5, 0.6) is 0 Å². The van der Waals surface area contributed by atoms with Crippen molar-refractivity contribution in [1.82, 2.24) is 29.7 Å². The van der Waals surface area contributed by atoms with Crippen LogP contribution >= 0.6 is 11.6 Å². The van der Waals surface area contributed by atoms with Crippen molar-refractivity contribution in [3.63, 3.8) is 0 Å². The lowest BCUT2D eigenvalue weighted by Crippen LogP contribution is -2.64. The smallest absolute Gasteiger partial charge is 0.252 e. The first-order chi connectivity index (χ1) is 24.7. The number of halogens is 3. The average molecular weight is 731 g/mol. The van der Waals surface area contributed by atoms with E-state index in [9.17, 15) is 9.59 Å². The van der Waals surface area contributed by atoms with Crippen LogP contribution in [0.3, 0.4) is 0 Å². The molecule has 2 aliphatic heterocycles. The number of imidazole rings is 1. The minimum atomic E-state index is -1.34. The molecule has 0 atom stereocenters. The van der Waals surface area contributed by atoms with Gasteiger partial charge in [-0.1, -0.05) is 11.6 Å². The van der Waals surface area contributed by atoms with Crippen molar-refractivity contribution in [3.8, 4) is 11.3 Å². The summed E-state index contributed by atoms with van der Waals surface area (Å²) in [6.07, 6.45) is 10.4. The summed E-state index contributed by atoms with van der Waals surface area (Å²) < 4.78 is 32.4. The number of hydrogen-bond donors (Lipinski definition) is 2. The van der Waals surface area contributed by atoms with E-state index < -0.39 is 28.0 Å². The first kappa shape index (κ1) is 34.9. The standard InChI is InChI=1S/C39H45ClF2N8O2/c1-7-43-35(51)24-14-26(30(41)31(42)29(24)40)47-34-32-27(45-20-49(32)21(2)3)15-25(46-34)22-13-28-33(44-18-22)37(4,5)36(52)50(28)23-16-38(6,17-23)48-12-8-9-39(19-48)10-11-39/h13-15,18,20-21,23H,7-12,16-17,19H2,1-6H3,(H,43,51)(H,46,47). The van der Waals surface area contributed by atoms with E-state index in [0.717, 1.165) is 37.3 Å². The number of anilines is 3. The lowest BCUT2D eigenvalue weighted by Gasteiger charge is -2.56. The van der Waals surface area contributed by atoms with Gasteiger partial charge in [-0.2, -0.15) is 0 Å². The van der Waals surface area contributed by atoms with Gasteiger partial charge in [0.1, 0.15) is 5.52 Å². The van der Waals surface area contributed by atoms with Crippen molar-refractivity contribution in [3.05, 3.63) is 58.6 Å². The number of hydrogen-bond acceptors (Lipinski definition) is 7. The van der Waals surface area contributed by atoms with E-state index in [2.05, 4.69) is 27.4 Å². The van der Waals surface area contributed by atoms with E-state index in [1.54, 1.807) is 19.4 Å². The fourth-order valence-electron chi connectivity index (χ4n) is 8.71. The van der Waals surface area contributed by atoms with Gasteiger partial charge in [0, 0.05) is 42.5 Å². The number of aromatic nitrogens is 4. The largest absolute Gasteiger partial charge is 0.352 e. The van der Waals surface area contributed by atoms with Crippen molar-refractivity contribution in [2.24, 2.45) is 5.41 Å². The Kier molecular flexibility index (Phi) is 8.18. The highest BCUT2D eigenvalue weighted by molar-refractivity contribution is 6.34. The second kappa shape index (κ2) is 12.2. The Balaban J connectivity index is 1.17. The highest BCUT2D eigenvalue weighted by Gasteiger charge is 2.57. The molecule has 2 saturated carbocycles. The number of amides is 2. The highest BCUT2D eigenvalue weighted by atomic mass is 35.5. The molecule has 8 rings (SSSR count). The van der Waals surface area contributed by atoms with Crippen molar-refractivity contribution in [2.45, 2.75) is 103 Å². The minimum Gasteiger partial charge on any atom is -0.352 e. The van der Waals surface area contributed by atoms with Crippen LogP contribution in [-0.4, -0.2) is 67.4 Å². The SMILES string of the molecule is CCNC(=O)c1cc(Nc2nc(-c3cnc4c(c3)N(C3CC(C)(N5CCCC6(CC6)C5)C3)C(=O)C4(C)C)cc3ncn(C(C)C)c23)c(F)c(F)c1Cl. The zero-order valence-corrected chi connectivity index (χ0v) is 31.3. The predicted octanol–water partition coefficient (Wildman–Crippen LogP) is 7.92. The Morgan fingerprint density at radius 2 is 1.83 bits per heavy atom. The number of nitrogens with zero attached hydrogens (tertiary/aromatic N) is 6. The summed E-state index contributed by atoms with van der Waals surface area (Å²) in [6.45, 7) is 14.4. The van der Waals surface area contributed by atoms with Gasteiger partial charge in [-0.15, -0.1) is 0 Å². The fraction of sp³-hybridized carbons (Fsp3) is 0.513. The molecular weight excluding hydrogens is 686 g/mol. The van der Waals surface area contributed by atoms with E-state index in [1.165, 1.54) is 31.7 Å². The zero-order valence-electron chi connectivity index (χ0n) is 30.5. The number of benzene rings is 1. The van der Waals surface area contributed by atoms with Gasteiger partial charge in [-0.3, -0.25) is 19.5 Å². The number of rotatable bonds is 8. The lowest BCUT2D eigenvalue weighted by atomic mass is 9.70. The maximum Gasteiger partial charge on any atom is 0.252 e. The summed E-state index contributed by atoms with van der Waals surface area (Å²) in [7, 11) is 0. The van der Waals surface area contributed by atoms with Gasteiger partial charge in [0.25, 0.3) is 5.91 Å². The average Bonchev–Trinajstić information content (AvgIpc) is 3.62. The third kappa shape index (κ3) is 5.47. The van der Waals surface area contributed by atoms with Gasteiger partial charge in [0.2, 0.25) is 5.91 Å².